The van der Waals surface area contributed by atoms with Gasteiger partial charge in [-0.3, -0.25) is 4.79 Å². The molecule has 36 heavy (non-hydrogen) atoms. The van der Waals surface area contributed by atoms with Gasteiger partial charge in [0.25, 0.3) is 0 Å². The smallest absolute Gasteiger partial charge is 0.150 e. The summed E-state index contributed by atoms with van der Waals surface area (Å²) in [7, 11) is 0. The molecule has 8 rings (SSSR count). The molecule has 0 heterocycles. The maximum atomic E-state index is 10.0. The third kappa shape index (κ3) is 4.09. The number of aldehydes is 1. The molecule has 2 aliphatic carbocycles. The molecule has 0 saturated heterocycles. The van der Waals surface area contributed by atoms with Gasteiger partial charge in [0.15, 0.2) is 0 Å². The zero-order chi connectivity index (χ0) is 24.5. The van der Waals surface area contributed by atoms with Crippen LogP contribution in [0, 0.1) is 11.8 Å². The molecule has 0 radical (unpaired) electrons. The maximum Gasteiger partial charge on any atom is 0.150 e. The highest BCUT2D eigenvalue weighted by Gasteiger charge is 2.25. The number of allylic oxidation sites excluding steroid dienone is 2. The molecule has 6 aromatic carbocycles. The Labute approximate surface area is 211 Å². The number of benzene rings is 6. The highest BCUT2D eigenvalue weighted by molar-refractivity contribution is 6.33. The SMILES string of the molecule is C1=CC2CCC1C2.Nc1cc2cccc3c4cccc5cccc(c(c1)c23)c54.O=Cc1ccccc1. The van der Waals surface area contributed by atoms with Crippen LogP contribution in [0.5, 0.6) is 0 Å². The molecule has 2 aliphatic rings. The average molecular weight is 468 g/mol. The lowest BCUT2D eigenvalue weighted by Crippen LogP contribution is -1.89. The van der Waals surface area contributed by atoms with Crippen LogP contribution < -0.4 is 5.73 Å². The van der Waals surface area contributed by atoms with Gasteiger partial charge in [0.2, 0.25) is 0 Å². The zero-order valence-corrected chi connectivity index (χ0v) is 20.2. The molecule has 2 unspecified atom stereocenters. The third-order valence-corrected chi connectivity index (χ3v) is 7.59. The minimum Gasteiger partial charge on any atom is -0.399 e. The van der Waals surface area contributed by atoms with Crippen molar-refractivity contribution >= 4 is 55.1 Å². The number of fused-ring (bicyclic) bond motifs is 4. The summed E-state index contributed by atoms with van der Waals surface area (Å²) in [6, 6.07) is 32.8. The Kier molecular flexibility index (Phi) is 5.87. The first-order chi connectivity index (χ1) is 17.7. The predicted molar refractivity (Wildman–Crippen MR) is 154 cm³/mol. The lowest BCUT2D eigenvalue weighted by atomic mass is 9.90. The Bertz CT molecular complexity index is 1680. The summed E-state index contributed by atoms with van der Waals surface area (Å²) < 4.78 is 0. The highest BCUT2D eigenvalue weighted by Crippen LogP contribution is 2.41. The Hall–Kier alpha value is -4.17. The van der Waals surface area contributed by atoms with Crippen molar-refractivity contribution in [1.82, 2.24) is 0 Å². The number of anilines is 1. The first kappa shape index (κ1) is 22.3. The van der Waals surface area contributed by atoms with Gasteiger partial charge in [0.1, 0.15) is 6.29 Å². The first-order valence-electron chi connectivity index (χ1n) is 12.7. The lowest BCUT2D eigenvalue weighted by molar-refractivity contribution is 0.112. The van der Waals surface area contributed by atoms with Crippen molar-refractivity contribution < 1.29 is 4.79 Å². The van der Waals surface area contributed by atoms with E-state index in [2.05, 4.69) is 78.9 Å². The van der Waals surface area contributed by atoms with Crippen LogP contribution in [-0.2, 0) is 0 Å². The van der Waals surface area contributed by atoms with E-state index in [9.17, 15) is 4.79 Å². The van der Waals surface area contributed by atoms with Gasteiger partial charge >= 0.3 is 0 Å². The van der Waals surface area contributed by atoms with Crippen molar-refractivity contribution in [2.24, 2.45) is 11.8 Å². The van der Waals surface area contributed by atoms with Crippen LogP contribution in [0.3, 0.4) is 0 Å². The second-order valence-electron chi connectivity index (χ2n) is 9.93. The van der Waals surface area contributed by atoms with Crippen LogP contribution in [0.2, 0.25) is 0 Å². The second-order valence-corrected chi connectivity index (χ2v) is 9.93. The molecule has 0 aliphatic heterocycles. The monoisotopic (exact) mass is 467 g/mol. The fraction of sp³-hybridized carbons (Fsp3) is 0.147. The molecule has 2 N–H and O–H groups in total. The van der Waals surface area contributed by atoms with Gasteiger partial charge in [-0.1, -0.05) is 97.1 Å². The molecule has 1 fully saturated rings. The van der Waals surface area contributed by atoms with Gasteiger partial charge < -0.3 is 5.73 Å². The average Bonchev–Trinajstić information content (AvgIpc) is 3.59. The molecule has 1 saturated carbocycles. The maximum absolute atomic E-state index is 10.0. The minimum absolute atomic E-state index is 0.729. The predicted octanol–water partition coefficient (Wildman–Crippen LogP) is 8.79. The summed E-state index contributed by atoms with van der Waals surface area (Å²) in [6.07, 6.45) is 10.0. The molecule has 0 aromatic heterocycles. The largest absolute Gasteiger partial charge is 0.399 e. The Balaban J connectivity index is 0.000000131. The Morgan fingerprint density at radius 1 is 0.611 bits per heavy atom. The van der Waals surface area contributed by atoms with Gasteiger partial charge in [-0.05, 0) is 86.3 Å². The summed E-state index contributed by atoms with van der Waals surface area (Å²) in [4.78, 5) is 10.0. The number of nitrogen functional groups attached to an aromatic ring is 1. The van der Waals surface area contributed by atoms with Crippen LogP contribution in [0.1, 0.15) is 29.6 Å². The van der Waals surface area contributed by atoms with E-state index in [0.717, 1.165) is 29.4 Å². The number of carbonyl (C=O) groups is 1. The van der Waals surface area contributed by atoms with Crippen LogP contribution >= 0.6 is 0 Å². The van der Waals surface area contributed by atoms with E-state index < -0.39 is 0 Å². The molecule has 0 spiro atoms. The summed E-state index contributed by atoms with van der Waals surface area (Å²) in [5, 5.41) is 10.3. The molecule has 6 aromatic rings. The van der Waals surface area contributed by atoms with Gasteiger partial charge in [0, 0.05) is 11.3 Å². The molecule has 2 bridgehead atoms. The van der Waals surface area contributed by atoms with Gasteiger partial charge in [0.05, 0.1) is 0 Å². The van der Waals surface area contributed by atoms with Gasteiger partial charge in [-0.25, -0.2) is 0 Å². The van der Waals surface area contributed by atoms with Crippen molar-refractivity contribution in [3.8, 4) is 0 Å². The molecular formula is C34H29NO. The van der Waals surface area contributed by atoms with Crippen molar-refractivity contribution in [2.45, 2.75) is 19.3 Å². The number of hydrogen-bond acceptors (Lipinski definition) is 2. The van der Waals surface area contributed by atoms with Crippen LogP contribution in [-0.4, -0.2) is 6.29 Å². The summed E-state index contributed by atoms with van der Waals surface area (Å²) in [5.41, 5.74) is 7.68. The summed E-state index contributed by atoms with van der Waals surface area (Å²) in [5.74, 6) is 1.98. The molecular weight excluding hydrogens is 438 g/mol. The van der Waals surface area contributed by atoms with E-state index in [1.165, 1.54) is 62.4 Å². The van der Waals surface area contributed by atoms with Gasteiger partial charge in [-0.15, -0.1) is 0 Å². The molecule has 0 amide bonds. The summed E-state index contributed by atoms with van der Waals surface area (Å²) in [6.45, 7) is 0. The van der Waals surface area contributed by atoms with Crippen molar-refractivity contribution in [2.75, 3.05) is 5.73 Å². The zero-order valence-electron chi connectivity index (χ0n) is 20.2. The Morgan fingerprint density at radius 2 is 1.17 bits per heavy atom. The Morgan fingerprint density at radius 3 is 1.67 bits per heavy atom. The number of nitrogens with two attached hydrogens (primary N) is 1. The van der Waals surface area contributed by atoms with E-state index in [1.807, 2.05) is 18.2 Å². The van der Waals surface area contributed by atoms with E-state index in [4.69, 9.17) is 5.73 Å². The van der Waals surface area contributed by atoms with Crippen molar-refractivity contribution in [3.63, 3.8) is 0 Å². The number of hydrogen-bond donors (Lipinski definition) is 1. The van der Waals surface area contributed by atoms with E-state index in [1.54, 1.807) is 12.1 Å². The normalized spacial score (nSPS) is 17.8. The highest BCUT2D eigenvalue weighted by atomic mass is 16.1. The summed E-state index contributed by atoms with van der Waals surface area (Å²) >= 11 is 0. The van der Waals surface area contributed by atoms with Crippen molar-refractivity contribution in [3.05, 3.63) is 115 Å². The number of rotatable bonds is 1. The number of carbonyl (C=O) groups excluding carboxylic acids is 1. The fourth-order valence-electron chi connectivity index (χ4n) is 5.93. The van der Waals surface area contributed by atoms with E-state index in [-0.39, 0.29) is 0 Å². The van der Waals surface area contributed by atoms with E-state index >= 15 is 0 Å². The first-order valence-corrected chi connectivity index (χ1v) is 12.7. The molecule has 2 nitrogen and oxygen atoms in total. The molecule has 2 heteroatoms. The topological polar surface area (TPSA) is 43.1 Å². The molecule has 2 atom stereocenters. The standard InChI is InChI=1S/C20H13N.C7H6O.C7H10/c21-14-10-13-6-3-8-16-15-7-1-4-12-5-2-9-17(19(12)15)18(11-14)20(13)16;8-6-7-4-2-1-3-5-7;1-2-7-4-3-6(1)5-7/h1-11H,21H2;1-6H;1-2,6-7H,3-5H2. The minimum atomic E-state index is 0.729. The van der Waals surface area contributed by atoms with Crippen LogP contribution in [0.25, 0.3) is 43.1 Å². The fourth-order valence-corrected chi connectivity index (χ4v) is 5.93. The van der Waals surface area contributed by atoms with E-state index in [0.29, 0.717) is 0 Å². The quantitative estimate of drug-likeness (QED) is 0.0863. The van der Waals surface area contributed by atoms with Crippen molar-refractivity contribution in [1.29, 1.82) is 0 Å². The lowest BCUT2D eigenvalue weighted by Gasteiger charge is -2.14. The van der Waals surface area contributed by atoms with Crippen LogP contribution in [0.4, 0.5) is 5.69 Å². The van der Waals surface area contributed by atoms with Crippen LogP contribution in [0.15, 0.2) is 109 Å². The second kappa shape index (κ2) is 9.47. The third-order valence-electron chi connectivity index (χ3n) is 7.59. The van der Waals surface area contributed by atoms with Gasteiger partial charge in [-0.2, -0.15) is 0 Å². The molecule has 176 valence electrons.